The summed E-state index contributed by atoms with van der Waals surface area (Å²) in [5, 5.41) is 3.53. The second-order valence-electron chi connectivity index (χ2n) is 4.51. The van der Waals surface area contributed by atoms with E-state index in [0.717, 1.165) is 26.2 Å². The predicted octanol–water partition coefficient (Wildman–Crippen LogP) is 2.70. The summed E-state index contributed by atoms with van der Waals surface area (Å²) in [6.45, 7) is 6.97. The SMILES string of the molecule is CCCCCCC(CC1OCCO1)NCC. The molecule has 0 aliphatic carbocycles. The van der Waals surface area contributed by atoms with Crippen molar-refractivity contribution in [3.63, 3.8) is 0 Å². The van der Waals surface area contributed by atoms with E-state index in [9.17, 15) is 0 Å². The molecule has 16 heavy (non-hydrogen) atoms. The first kappa shape index (κ1) is 13.9. The summed E-state index contributed by atoms with van der Waals surface area (Å²) in [5.74, 6) is 0. The number of hydrogen-bond donors (Lipinski definition) is 1. The van der Waals surface area contributed by atoms with Gasteiger partial charge < -0.3 is 14.8 Å². The number of nitrogens with one attached hydrogen (secondary N) is 1. The van der Waals surface area contributed by atoms with Gasteiger partial charge in [0.05, 0.1) is 13.2 Å². The summed E-state index contributed by atoms with van der Waals surface area (Å²) in [4.78, 5) is 0. The number of unbranched alkanes of at least 4 members (excludes halogenated alkanes) is 3. The Balaban J connectivity index is 2.12. The molecule has 0 radical (unpaired) electrons. The summed E-state index contributed by atoms with van der Waals surface area (Å²) in [6.07, 6.45) is 7.62. The van der Waals surface area contributed by atoms with E-state index in [1.54, 1.807) is 0 Å². The molecule has 1 aliphatic rings. The third kappa shape index (κ3) is 5.83. The lowest BCUT2D eigenvalue weighted by atomic mass is 10.0. The Hall–Kier alpha value is -0.120. The second-order valence-corrected chi connectivity index (χ2v) is 4.51. The van der Waals surface area contributed by atoms with Gasteiger partial charge in [-0.1, -0.05) is 39.5 Å². The molecule has 1 unspecified atom stereocenters. The highest BCUT2D eigenvalue weighted by molar-refractivity contribution is 4.69. The van der Waals surface area contributed by atoms with Crippen molar-refractivity contribution in [2.75, 3.05) is 19.8 Å². The van der Waals surface area contributed by atoms with Crippen molar-refractivity contribution in [1.82, 2.24) is 5.32 Å². The van der Waals surface area contributed by atoms with Crippen molar-refractivity contribution in [2.24, 2.45) is 0 Å². The van der Waals surface area contributed by atoms with Crippen molar-refractivity contribution in [3.05, 3.63) is 0 Å². The highest BCUT2D eigenvalue weighted by Gasteiger charge is 2.20. The molecule has 1 rings (SSSR count). The minimum absolute atomic E-state index is 0.0372. The Morgan fingerprint density at radius 3 is 2.50 bits per heavy atom. The van der Waals surface area contributed by atoms with E-state index < -0.39 is 0 Å². The van der Waals surface area contributed by atoms with Gasteiger partial charge in [0.1, 0.15) is 0 Å². The summed E-state index contributed by atoms with van der Waals surface area (Å²) < 4.78 is 11.0. The van der Waals surface area contributed by atoms with Crippen molar-refractivity contribution in [3.8, 4) is 0 Å². The Kier molecular flexibility index (Phi) is 7.81. The molecular weight excluding hydrogens is 202 g/mol. The van der Waals surface area contributed by atoms with Crippen molar-refractivity contribution in [2.45, 2.75) is 64.7 Å². The van der Waals surface area contributed by atoms with E-state index in [2.05, 4.69) is 19.2 Å². The quantitative estimate of drug-likeness (QED) is 0.617. The first-order valence-electron chi connectivity index (χ1n) is 6.83. The average molecular weight is 229 g/mol. The summed E-state index contributed by atoms with van der Waals surface area (Å²) >= 11 is 0. The number of ether oxygens (including phenoxy) is 2. The van der Waals surface area contributed by atoms with E-state index >= 15 is 0 Å². The van der Waals surface area contributed by atoms with Crippen LogP contribution in [-0.2, 0) is 9.47 Å². The van der Waals surface area contributed by atoms with Crippen LogP contribution in [0.15, 0.2) is 0 Å². The zero-order chi connectivity index (χ0) is 11.6. The van der Waals surface area contributed by atoms with Crippen molar-refractivity contribution in [1.29, 1.82) is 0 Å². The Labute approximate surface area is 99.9 Å². The maximum atomic E-state index is 5.50. The highest BCUT2D eigenvalue weighted by Crippen LogP contribution is 2.15. The molecule has 0 amide bonds. The Morgan fingerprint density at radius 2 is 1.88 bits per heavy atom. The predicted molar refractivity (Wildman–Crippen MR) is 66.5 cm³/mol. The molecule has 1 aliphatic heterocycles. The molecule has 1 N–H and O–H groups in total. The van der Waals surface area contributed by atoms with Crippen molar-refractivity contribution < 1.29 is 9.47 Å². The van der Waals surface area contributed by atoms with Crippen molar-refractivity contribution >= 4 is 0 Å². The van der Waals surface area contributed by atoms with Crippen LogP contribution < -0.4 is 5.32 Å². The zero-order valence-corrected chi connectivity index (χ0v) is 10.8. The monoisotopic (exact) mass is 229 g/mol. The third-order valence-electron chi connectivity index (χ3n) is 3.07. The topological polar surface area (TPSA) is 30.5 Å². The molecule has 1 saturated heterocycles. The van der Waals surface area contributed by atoms with Crippen LogP contribution in [0.4, 0.5) is 0 Å². The second kappa shape index (κ2) is 8.97. The molecule has 3 nitrogen and oxygen atoms in total. The van der Waals surface area contributed by atoms with Crippen LogP contribution in [0.3, 0.4) is 0 Å². The van der Waals surface area contributed by atoms with Crippen LogP contribution in [0.2, 0.25) is 0 Å². The molecular formula is C13H27NO2. The van der Waals surface area contributed by atoms with Crippen LogP contribution in [0.5, 0.6) is 0 Å². The van der Waals surface area contributed by atoms with Gasteiger partial charge in [0.25, 0.3) is 0 Å². The Morgan fingerprint density at radius 1 is 1.12 bits per heavy atom. The molecule has 1 heterocycles. The summed E-state index contributed by atoms with van der Waals surface area (Å²) in [6, 6.07) is 0.560. The lowest BCUT2D eigenvalue weighted by molar-refractivity contribution is -0.0531. The number of hydrogen-bond acceptors (Lipinski definition) is 3. The molecule has 3 heteroatoms. The first-order valence-corrected chi connectivity index (χ1v) is 6.83. The van der Waals surface area contributed by atoms with Gasteiger partial charge in [-0.3, -0.25) is 0 Å². The minimum Gasteiger partial charge on any atom is -0.350 e. The lowest BCUT2D eigenvalue weighted by Crippen LogP contribution is -2.33. The standard InChI is InChI=1S/C13H27NO2/c1-3-5-6-7-8-12(14-4-2)11-13-15-9-10-16-13/h12-14H,3-11H2,1-2H3. The van der Waals surface area contributed by atoms with Crippen LogP contribution in [0.25, 0.3) is 0 Å². The largest absolute Gasteiger partial charge is 0.350 e. The van der Waals surface area contributed by atoms with Crippen LogP contribution in [0, 0.1) is 0 Å². The molecule has 1 atom stereocenters. The fraction of sp³-hybridized carbons (Fsp3) is 1.00. The minimum atomic E-state index is 0.0372. The van der Waals surface area contributed by atoms with Crippen LogP contribution >= 0.6 is 0 Å². The average Bonchev–Trinajstić information content (AvgIpc) is 2.77. The van der Waals surface area contributed by atoms with E-state index in [-0.39, 0.29) is 6.29 Å². The molecule has 0 aromatic heterocycles. The zero-order valence-electron chi connectivity index (χ0n) is 10.8. The van der Waals surface area contributed by atoms with Gasteiger partial charge in [0.2, 0.25) is 0 Å². The van der Waals surface area contributed by atoms with Gasteiger partial charge in [-0.15, -0.1) is 0 Å². The van der Waals surface area contributed by atoms with Gasteiger partial charge in [-0.25, -0.2) is 0 Å². The normalized spacial score (nSPS) is 19.1. The fourth-order valence-electron chi connectivity index (χ4n) is 2.19. The third-order valence-corrected chi connectivity index (χ3v) is 3.07. The van der Waals surface area contributed by atoms with E-state index in [1.165, 1.54) is 32.1 Å². The summed E-state index contributed by atoms with van der Waals surface area (Å²) in [5.41, 5.74) is 0. The molecule has 0 bridgehead atoms. The Bertz CT molecular complexity index is 158. The fourth-order valence-corrected chi connectivity index (χ4v) is 2.19. The lowest BCUT2D eigenvalue weighted by Gasteiger charge is -2.20. The maximum absolute atomic E-state index is 5.50. The van der Waals surface area contributed by atoms with E-state index in [0.29, 0.717) is 6.04 Å². The molecule has 0 spiro atoms. The van der Waals surface area contributed by atoms with Gasteiger partial charge in [0, 0.05) is 12.5 Å². The summed E-state index contributed by atoms with van der Waals surface area (Å²) in [7, 11) is 0. The van der Waals surface area contributed by atoms with Crippen LogP contribution in [-0.4, -0.2) is 32.1 Å². The smallest absolute Gasteiger partial charge is 0.159 e. The molecule has 0 saturated carbocycles. The van der Waals surface area contributed by atoms with Gasteiger partial charge in [0.15, 0.2) is 6.29 Å². The molecule has 1 fully saturated rings. The van der Waals surface area contributed by atoms with Gasteiger partial charge in [-0.2, -0.15) is 0 Å². The van der Waals surface area contributed by atoms with E-state index in [1.807, 2.05) is 0 Å². The van der Waals surface area contributed by atoms with Gasteiger partial charge >= 0.3 is 0 Å². The first-order chi connectivity index (χ1) is 7.86. The molecule has 0 aromatic carbocycles. The maximum Gasteiger partial charge on any atom is 0.159 e. The molecule has 0 aromatic rings. The van der Waals surface area contributed by atoms with E-state index in [4.69, 9.17) is 9.47 Å². The number of rotatable bonds is 9. The van der Waals surface area contributed by atoms with Gasteiger partial charge in [-0.05, 0) is 13.0 Å². The highest BCUT2D eigenvalue weighted by atomic mass is 16.7. The molecule has 96 valence electrons. The van der Waals surface area contributed by atoms with Crippen LogP contribution in [0.1, 0.15) is 52.4 Å².